The third-order valence-electron chi connectivity index (χ3n) is 18.5. The van der Waals surface area contributed by atoms with Gasteiger partial charge in [-0.25, -0.2) is 0 Å². The van der Waals surface area contributed by atoms with E-state index in [4.69, 9.17) is 13.6 Å². The van der Waals surface area contributed by atoms with Crippen LogP contribution in [0.1, 0.15) is 136 Å². The summed E-state index contributed by atoms with van der Waals surface area (Å²) in [5.74, 6) is 0.471. The Kier molecular flexibility index (Phi) is 22.7. The molecule has 1 atom stereocenters. The zero-order valence-electron chi connectivity index (χ0n) is 57.5. The van der Waals surface area contributed by atoms with E-state index >= 15 is 13.2 Å². The predicted molar refractivity (Wildman–Crippen MR) is 394 cm³/mol. The number of anilines is 1. The molecule has 2 aliphatic rings. The summed E-state index contributed by atoms with van der Waals surface area (Å²) >= 11 is 1.74. The number of rotatable bonds is 23. The number of allylic oxidation sites excluding steroid dienone is 7. The van der Waals surface area contributed by atoms with Gasteiger partial charge in [-0.3, -0.25) is 0 Å². The van der Waals surface area contributed by atoms with Gasteiger partial charge in [0.2, 0.25) is 0 Å². The summed E-state index contributed by atoms with van der Waals surface area (Å²) in [7, 11) is -5.80. The van der Waals surface area contributed by atoms with Gasteiger partial charge in [0.25, 0.3) is 22.2 Å². The van der Waals surface area contributed by atoms with Crippen LogP contribution in [0.3, 0.4) is 0 Å². The second-order valence-electron chi connectivity index (χ2n) is 28.3. The third kappa shape index (κ3) is 15.1. The summed E-state index contributed by atoms with van der Waals surface area (Å²) in [6.45, 7) is 29.2. The van der Waals surface area contributed by atoms with Gasteiger partial charge in [0.15, 0.2) is 11.3 Å². The minimum Gasteiger partial charge on any atom is -0.465 e. The van der Waals surface area contributed by atoms with Gasteiger partial charge in [0.1, 0.15) is 23.8 Å². The van der Waals surface area contributed by atoms with Crippen molar-refractivity contribution in [1.82, 2.24) is 0 Å². The van der Waals surface area contributed by atoms with Crippen LogP contribution in [-0.4, -0.2) is 49.1 Å². The molecule has 0 spiro atoms. The molecule has 1 unspecified atom stereocenters. The normalized spacial score (nSPS) is 16.7. The predicted octanol–water partition coefficient (Wildman–Crippen LogP) is 19.0. The summed E-state index contributed by atoms with van der Waals surface area (Å²) in [5, 5.41) is 35.0. The summed E-state index contributed by atoms with van der Waals surface area (Å²) in [6, 6.07) is 70.6. The van der Waals surface area contributed by atoms with Crippen LogP contribution in [0.2, 0.25) is 10.1 Å². The SMILES string of the molecule is CC(C)c1cccc(C(C)C)c1CSC1=C(/C=C/c2ccc(N(CCO[Si](c3ccccc3)(c3ccccc3)C(C)(C)C)CCO[Si](c3ccccc3)(c3ccccc3)C(C)(C)C)cc2)CC(C)(C)C/C1=C\C=C\C1=C(C#N)C(=C(C#N)C#N)OC1(c1ccccc1)C(F)(F)F. The van der Waals surface area contributed by atoms with E-state index in [0.717, 1.165) is 33.7 Å². The first-order valence-electron chi connectivity index (χ1n) is 33.2. The highest BCUT2D eigenvalue weighted by atomic mass is 32.2. The fourth-order valence-electron chi connectivity index (χ4n) is 14.1. The highest BCUT2D eigenvalue weighted by molar-refractivity contribution is 8.02. The summed E-state index contributed by atoms with van der Waals surface area (Å²) < 4.78 is 68.8. The van der Waals surface area contributed by atoms with Gasteiger partial charge in [-0.15, -0.1) is 11.8 Å². The maximum atomic E-state index is 16.0. The van der Waals surface area contributed by atoms with E-state index in [9.17, 15) is 15.8 Å². The van der Waals surface area contributed by atoms with E-state index in [-0.39, 0.29) is 32.9 Å². The Bertz CT molecular complexity index is 3940. The fourth-order valence-corrected chi connectivity index (χ4v) is 24.5. The molecule has 7 aromatic rings. The van der Waals surface area contributed by atoms with E-state index in [1.165, 1.54) is 67.8 Å². The van der Waals surface area contributed by atoms with Gasteiger partial charge in [-0.1, -0.05) is 295 Å². The van der Waals surface area contributed by atoms with Gasteiger partial charge in [-0.2, -0.15) is 29.0 Å². The van der Waals surface area contributed by atoms with Crippen molar-refractivity contribution in [1.29, 1.82) is 15.8 Å². The van der Waals surface area contributed by atoms with Gasteiger partial charge in [-0.05, 0) is 106 Å². The van der Waals surface area contributed by atoms with Crippen molar-refractivity contribution >= 4 is 60.9 Å². The summed E-state index contributed by atoms with van der Waals surface area (Å²) in [4.78, 5) is 3.43. The Balaban J connectivity index is 1.13. The molecule has 0 bridgehead atoms. The molecule has 7 nitrogen and oxygen atoms in total. The molecular formula is C83H89F3N4O3SSi2. The van der Waals surface area contributed by atoms with Gasteiger partial charge < -0.3 is 18.5 Å². The van der Waals surface area contributed by atoms with E-state index in [1.54, 1.807) is 36.0 Å². The number of hydrogen-bond acceptors (Lipinski definition) is 8. The van der Waals surface area contributed by atoms with Crippen LogP contribution >= 0.6 is 11.8 Å². The van der Waals surface area contributed by atoms with Crippen molar-refractivity contribution in [2.45, 2.75) is 135 Å². The quantitative estimate of drug-likeness (QED) is 0.0461. The lowest BCUT2D eigenvalue weighted by Gasteiger charge is -2.44. The van der Waals surface area contributed by atoms with Crippen LogP contribution in [0, 0.1) is 39.4 Å². The monoisotopic (exact) mass is 1330 g/mol. The molecule has 1 heterocycles. The minimum absolute atomic E-state index is 0.215. The molecule has 9 rings (SSSR count). The van der Waals surface area contributed by atoms with E-state index in [1.807, 2.05) is 12.1 Å². The molecule has 7 aromatic carbocycles. The summed E-state index contributed by atoms with van der Waals surface area (Å²) in [5.41, 5.74) is 2.30. The second kappa shape index (κ2) is 30.3. The molecule has 1 aliphatic carbocycles. The summed E-state index contributed by atoms with van der Waals surface area (Å²) in [6.07, 6.45) is 5.25. The van der Waals surface area contributed by atoms with Gasteiger partial charge in [0, 0.05) is 40.6 Å². The number of benzene rings is 7. The number of alkyl halides is 3. The molecule has 1 aliphatic heterocycles. The first kappa shape index (κ1) is 71.8. The van der Waals surface area contributed by atoms with Crippen molar-refractivity contribution in [3.8, 4) is 18.2 Å². The van der Waals surface area contributed by atoms with Crippen LogP contribution in [0.4, 0.5) is 18.9 Å². The number of nitrogens with zero attached hydrogens (tertiary/aromatic N) is 4. The molecular weight excluding hydrogens is 1250 g/mol. The molecule has 0 radical (unpaired) electrons. The Morgan fingerprint density at radius 2 is 1.04 bits per heavy atom. The van der Waals surface area contributed by atoms with Crippen molar-refractivity contribution in [2.75, 3.05) is 31.2 Å². The number of thioether (sulfide) groups is 1. The number of hydrogen-bond donors (Lipinski definition) is 0. The third-order valence-corrected chi connectivity index (χ3v) is 29.9. The smallest absolute Gasteiger partial charge is 0.437 e. The maximum absolute atomic E-state index is 16.0. The number of nitriles is 3. The molecule has 0 aromatic heterocycles. The Morgan fingerprint density at radius 3 is 1.45 bits per heavy atom. The average molecular weight is 1340 g/mol. The van der Waals surface area contributed by atoms with Crippen LogP contribution in [0.25, 0.3) is 6.08 Å². The molecule has 13 heteroatoms. The van der Waals surface area contributed by atoms with Crippen LogP contribution < -0.4 is 25.6 Å². The van der Waals surface area contributed by atoms with E-state index in [0.29, 0.717) is 38.5 Å². The molecule has 0 saturated heterocycles. The van der Waals surface area contributed by atoms with Crippen molar-refractivity contribution < 1.29 is 26.8 Å². The Hall–Kier alpha value is -8.46. The molecule has 0 fully saturated rings. The van der Waals surface area contributed by atoms with E-state index < -0.39 is 50.9 Å². The molecule has 96 heavy (non-hydrogen) atoms. The second-order valence-corrected chi connectivity index (χ2v) is 37.9. The van der Waals surface area contributed by atoms with E-state index in [2.05, 4.69) is 264 Å². The van der Waals surface area contributed by atoms with Crippen molar-refractivity contribution in [3.05, 3.63) is 285 Å². The highest BCUT2D eigenvalue weighted by Crippen LogP contribution is 2.56. The Morgan fingerprint density at radius 1 is 0.594 bits per heavy atom. The first-order chi connectivity index (χ1) is 45.8. The van der Waals surface area contributed by atoms with Crippen molar-refractivity contribution in [2.24, 2.45) is 5.41 Å². The highest BCUT2D eigenvalue weighted by Gasteiger charge is 2.65. The average Bonchev–Trinajstić information content (AvgIpc) is 1.50. The van der Waals surface area contributed by atoms with Crippen LogP contribution in [0.15, 0.2) is 257 Å². The first-order valence-corrected chi connectivity index (χ1v) is 38.0. The molecule has 0 N–H and O–H groups in total. The van der Waals surface area contributed by atoms with Crippen molar-refractivity contribution in [3.63, 3.8) is 0 Å². The van der Waals surface area contributed by atoms with Crippen LogP contribution in [0.5, 0.6) is 0 Å². The lowest BCUT2D eigenvalue weighted by molar-refractivity contribution is -0.249. The standard InChI is InChI=1S/C83H89F3N4O3SSi2/c1-60(2)72-41-29-42-73(61(3)4)75(72)59-94-78-63(30-28-43-76-74(58-89)77(65(56-87)57-88)93-82(76,83(84,85)86)66-31-18-13-19-32-66)54-81(11,12)55-64(78)47-44-62-45-48-67(49-46-62)90(50-52-91-95(79(5,6)7,68-33-20-14-21-34-68)69-35-22-15-23-36-69)51-53-92-96(80(8,9)10,70-37-24-16-25-38-70)71-39-26-17-27-40-71/h13-49,60-61H,50-55,59H2,1-12H3/b43-28+,47-44+,63-30+. The topological polar surface area (TPSA) is 102 Å². The Labute approximate surface area is 574 Å². The molecule has 0 amide bonds. The number of ether oxygens (including phenoxy) is 1. The molecule has 494 valence electrons. The number of halogens is 3. The maximum Gasteiger partial charge on any atom is 0.437 e. The zero-order valence-corrected chi connectivity index (χ0v) is 60.3. The lowest BCUT2D eigenvalue weighted by atomic mass is 9.74. The van der Waals surface area contributed by atoms with Crippen LogP contribution in [-0.2, 0) is 24.9 Å². The van der Waals surface area contributed by atoms with Gasteiger partial charge in [0.05, 0.1) is 13.2 Å². The lowest BCUT2D eigenvalue weighted by Crippen LogP contribution is -2.67. The fraction of sp³-hybridized carbons (Fsp3) is 0.313. The zero-order chi connectivity index (χ0) is 69.1. The molecule has 0 saturated carbocycles. The van der Waals surface area contributed by atoms with Gasteiger partial charge >= 0.3 is 6.18 Å². The minimum atomic E-state index is -5.12. The largest absolute Gasteiger partial charge is 0.465 e.